The Morgan fingerprint density at radius 1 is 0.421 bits per heavy atom. The first-order valence-corrected chi connectivity index (χ1v) is 39.0. The summed E-state index contributed by atoms with van der Waals surface area (Å²) < 4.78 is 121. The topological polar surface area (TPSA) is 310 Å². The van der Waals surface area contributed by atoms with Crippen molar-refractivity contribution in [2.75, 3.05) is 84.3 Å². The predicted octanol–water partition coefficient (Wildman–Crippen LogP) is 11.7. The molecule has 11 heterocycles. The van der Waals surface area contributed by atoms with E-state index in [-0.39, 0.29) is 54.0 Å². The van der Waals surface area contributed by atoms with Gasteiger partial charge in [-0.2, -0.15) is 45.3 Å². The molecule has 0 bridgehead atoms. The van der Waals surface area contributed by atoms with Crippen LogP contribution in [0, 0.1) is 102 Å². The molecule has 15 rings (SSSR count). The number of hydrogen-bond acceptors (Lipinski definition) is 24. The first-order valence-electron chi connectivity index (χ1n) is 39.0. The molecule has 3 aliphatic rings. The Bertz CT molecular complexity index is 5640. The van der Waals surface area contributed by atoms with E-state index >= 15 is 0 Å². The molecule has 36 heteroatoms. The van der Waals surface area contributed by atoms with E-state index in [1.54, 1.807) is 63.8 Å². The molecule has 12 aromatic rings. The van der Waals surface area contributed by atoms with Gasteiger partial charge in [-0.25, -0.2) is 68.8 Å². The van der Waals surface area contributed by atoms with Crippen molar-refractivity contribution in [3.05, 3.63) is 247 Å². The number of Topliss-reactive ketones (excluding diaryl/α,β-unsaturated/α-hetero) is 4. The molecule has 121 heavy (non-hydrogen) atoms. The van der Waals surface area contributed by atoms with Crippen molar-refractivity contribution in [1.29, 1.82) is 0 Å². The summed E-state index contributed by atoms with van der Waals surface area (Å²) in [6, 6.07) is 27.9. The first-order chi connectivity index (χ1) is 57.6. The van der Waals surface area contributed by atoms with Gasteiger partial charge in [0.15, 0.2) is 34.8 Å². The van der Waals surface area contributed by atoms with Crippen LogP contribution in [0.2, 0.25) is 0 Å². The summed E-state index contributed by atoms with van der Waals surface area (Å²) in [7, 11) is 0. The second-order valence-corrected chi connectivity index (χ2v) is 29.9. The van der Waals surface area contributed by atoms with Crippen molar-refractivity contribution >= 4 is 57.9 Å². The van der Waals surface area contributed by atoms with Gasteiger partial charge in [-0.05, 0) is 167 Å². The average Bonchev–Trinajstić information content (AvgIpc) is 1.79. The largest absolute Gasteiger partial charge is 0.367 e. The summed E-state index contributed by atoms with van der Waals surface area (Å²) in [6.45, 7) is 27.9. The lowest BCUT2D eigenvalue weighted by molar-refractivity contribution is -0.129. The number of aryl methyl sites for hydroxylation is 8. The molecule has 28 nitrogen and oxygen atoms in total. The van der Waals surface area contributed by atoms with E-state index in [1.807, 2.05) is 94.4 Å². The number of ether oxygens (including phenoxy) is 1. The molecule has 0 radical (unpaired) electrons. The molecular formula is C85H91F8N23O5. The number of carbonyl (C=O) groups is 4. The predicted molar refractivity (Wildman–Crippen MR) is 437 cm³/mol. The molecule has 3 fully saturated rings. The number of anilines is 6. The van der Waals surface area contributed by atoms with E-state index in [2.05, 4.69) is 71.6 Å². The van der Waals surface area contributed by atoms with E-state index in [1.165, 1.54) is 56.3 Å². The zero-order chi connectivity index (χ0) is 86.8. The van der Waals surface area contributed by atoms with Crippen LogP contribution in [0.5, 0.6) is 0 Å². The molecule has 0 spiro atoms. The fourth-order valence-corrected chi connectivity index (χ4v) is 13.6. The maximum Gasteiger partial charge on any atom is 0.254 e. The van der Waals surface area contributed by atoms with Crippen molar-refractivity contribution < 1.29 is 59.0 Å². The van der Waals surface area contributed by atoms with Crippen molar-refractivity contribution in [2.45, 2.75) is 134 Å². The number of ketones is 4. The number of carbonyl (C=O) groups excluding carboxylic acids is 4. The molecule has 8 aromatic heterocycles. The second-order valence-electron chi connectivity index (χ2n) is 29.9. The molecule has 3 aliphatic heterocycles. The van der Waals surface area contributed by atoms with Crippen LogP contribution < -0.4 is 36.0 Å². The van der Waals surface area contributed by atoms with Gasteiger partial charge in [0.25, 0.3) is 23.8 Å². The van der Waals surface area contributed by atoms with Crippen molar-refractivity contribution in [3.63, 3.8) is 0 Å². The number of hydrogen-bond donors (Lipinski definition) is 4. The second kappa shape index (κ2) is 38.4. The van der Waals surface area contributed by atoms with Gasteiger partial charge in [-0.1, -0.05) is 18.2 Å². The third-order valence-corrected chi connectivity index (χ3v) is 19.9. The average molecular weight is 1670 g/mol. The summed E-state index contributed by atoms with van der Waals surface area (Å²) in [5, 5.41) is 30.1. The zero-order valence-corrected chi connectivity index (χ0v) is 68.9. The summed E-state index contributed by atoms with van der Waals surface area (Å²) in [5.41, 5.74) is 10.1. The number of halogens is 8. The maximum atomic E-state index is 14.3. The van der Waals surface area contributed by atoms with Crippen LogP contribution in [0.25, 0.3) is 23.8 Å². The number of nitrogens with one attached hydrogen (secondary N) is 4. The minimum Gasteiger partial charge on any atom is -0.367 e. The summed E-state index contributed by atoms with van der Waals surface area (Å²) >= 11 is 0. The lowest BCUT2D eigenvalue weighted by atomic mass is 10.1. The van der Waals surface area contributed by atoms with Crippen molar-refractivity contribution in [2.24, 2.45) is 0 Å². The zero-order valence-electron chi connectivity index (χ0n) is 68.9. The molecule has 0 aliphatic carbocycles. The number of piperazine rings is 2. The highest BCUT2D eigenvalue weighted by atomic mass is 19.2. The van der Waals surface area contributed by atoms with Crippen LogP contribution in [0.1, 0.15) is 114 Å². The molecule has 4 N–H and O–H groups in total. The van der Waals surface area contributed by atoms with E-state index in [0.29, 0.717) is 152 Å². The number of morpholine rings is 1. The van der Waals surface area contributed by atoms with Gasteiger partial charge >= 0.3 is 0 Å². The standard InChI is InChI=1S/2C22H24F2N6O.C22H23F2N5O2.C19H20F2N6O/c2*1-13-8-14(2)30(28-13)22-26-18(9-16-4-5-17(23)10-19(16)24)11-21(27-22)29-7-6-25-20(12-29)15(3)31;1-13-8-14(2)29(27-13)22-25-17(9-16-4-5-18(23)19(24)10-16)11-21(26-22)28-6-7-31-20(12-28)15(3)30;1-10-7-11(2)27(26-10)19-24-17(22-12(3)13(4)28)9-18(25-19)23-14-5-6-15(20)16(21)8-14/h2*4-5,8,10-11,20,25H,6-7,9,12H2,1-3H3;4-5,8,10-11,20H,6-7,9,12H2,1-3H3;5-9,12H,1-4H3,(H2,22,23,24,25)/t2*20-;;/m10../s1. The summed E-state index contributed by atoms with van der Waals surface area (Å²) in [6.07, 6.45) is 0.127. The van der Waals surface area contributed by atoms with Gasteiger partial charge in [0.05, 0.1) is 71.1 Å². The fourth-order valence-electron chi connectivity index (χ4n) is 13.6. The number of aromatic nitrogens is 16. The van der Waals surface area contributed by atoms with E-state index in [4.69, 9.17) is 14.7 Å². The lowest BCUT2D eigenvalue weighted by Gasteiger charge is -2.33. The molecule has 0 saturated carbocycles. The lowest BCUT2D eigenvalue weighted by Crippen LogP contribution is -2.54. The number of nitrogens with zero attached hydrogens (tertiary/aromatic N) is 19. The SMILES string of the molecule is CC(=O)C(C)Nc1cc(Nc2ccc(F)c(F)c2)nc(-n2nc(C)cc2C)n1.CC(=O)C1CN(c2cc(Cc3ccc(F)c(F)c3)nc(-n3nc(C)cc3C)n2)CCO1.CC(=O)[C@@H]1CN(c2cc(Cc3ccc(F)cc3F)nc(-n3nc(C)cc3C)n2)CCN1.CC(=O)[C@H]1CN(c2cc(Cc3ccc(F)cc3F)nc(-n3nc(C)cc3C)n2)CCN1. The van der Waals surface area contributed by atoms with Gasteiger partial charge in [-0.3, -0.25) is 19.2 Å². The van der Waals surface area contributed by atoms with Crippen molar-refractivity contribution in [1.82, 2.24) is 89.6 Å². The van der Waals surface area contributed by atoms with Gasteiger partial charge in [0, 0.05) is 136 Å². The Hall–Kier alpha value is -13.0. The third-order valence-electron chi connectivity index (χ3n) is 19.9. The quantitative estimate of drug-likeness (QED) is 0.0486. The van der Waals surface area contributed by atoms with Crippen LogP contribution in [0.3, 0.4) is 0 Å². The number of benzene rings is 4. The smallest absolute Gasteiger partial charge is 0.254 e. The molecule has 0 amide bonds. The normalized spacial score (nSPS) is 15.5. The van der Waals surface area contributed by atoms with Gasteiger partial charge in [0.2, 0.25) is 0 Å². The van der Waals surface area contributed by atoms with Crippen LogP contribution in [0.4, 0.5) is 69.9 Å². The summed E-state index contributed by atoms with van der Waals surface area (Å²) in [4.78, 5) is 89.9. The molecular weight excluding hydrogens is 1580 g/mol. The minimum absolute atomic E-state index is 0.0421. The third kappa shape index (κ3) is 22.5. The Kier molecular flexibility index (Phi) is 27.7. The Labute approximate surface area is 692 Å². The Morgan fingerprint density at radius 2 is 0.826 bits per heavy atom. The highest BCUT2D eigenvalue weighted by Gasteiger charge is 2.30. The number of rotatable bonds is 21. The van der Waals surface area contributed by atoms with Crippen LogP contribution in [-0.4, -0.2) is 185 Å². The fraction of sp³-hybridized carbons (Fsp3) is 0.341. The Balaban J connectivity index is 0.000000148. The molecule has 2 unspecified atom stereocenters. The van der Waals surface area contributed by atoms with Gasteiger partial charge in [0.1, 0.15) is 70.0 Å². The highest BCUT2D eigenvalue weighted by molar-refractivity contribution is 5.84. The first kappa shape index (κ1) is 87.4. The van der Waals surface area contributed by atoms with Gasteiger partial charge in [-0.15, -0.1) is 0 Å². The maximum absolute atomic E-state index is 14.3. The van der Waals surface area contributed by atoms with Crippen LogP contribution in [0.15, 0.2) is 121 Å². The van der Waals surface area contributed by atoms with E-state index in [9.17, 15) is 54.3 Å². The van der Waals surface area contributed by atoms with Gasteiger partial charge < -0.3 is 40.7 Å². The van der Waals surface area contributed by atoms with Crippen LogP contribution >= 0.6 is 0 Å². The van der Waals surface area contributed by atoms with E-state index in [0.717, 1.165) is 75.9 Å². The van der Waals surface area contributed by atoms with Crippen molar-refractivity contribution in [3.8, 4) is 23.8 Å². The molecule has 4 aromatic carbocycles. The Morgan fingerprint density at radius 3 is 1.21 bits per heavy atom. The van der Waals surface area contributed by atoms with E-state index < -0.39 is 58.7 Å². The molecule has 3 saturated heterocycles. The molecule has 632 valence electrons. The summed E-state index contributed by atoms with van der Waals surface area (Å²) in [5.74, 6) is -2.11. The highest BCUT2D eigenvalue weighted by Crippen LogP contribution is 2.28. The van der Waals surface area contributed by atoms with Crippen LogP contribution in [-0.2, 0) is 43.2 Å². The molecule has 4 atom stereocenters. The minimum atomic E-state index is -0.971. The monoisotopic (exact) mass is 1670 g/mol.